The quantitative estimate of drug-likeness (QED) is 0.558. The molecule has 7 heteroatoms. The Bertz CT molecular complexity index is 1330. The van der Waals surface area contributed by atoms with Crippen LogP contribution in [-0.4, -0.2) is 53.4 Å². The lowest BCUT2D eigenvalue weighted by atomic mass is 10.0. The number of fused-ring (bicyclic) bond motifs is 2. The summed E-state index contributed by atoms with van der Waals surface area (Å²) in [6, 6.07) is 16.3. The first kappa shape index (κ1) is 18.0. The van der Waals surface area contributed by atoms with Crippen molar-refractivity contribution in [3.8, 4) is 22.5 Å². The molecule has 152 valence electrons. The lowest BCUT2D eigenvalue weighted by molar-refractivity contribution is 0.101. The maximum atomic E-state index is 11.8. The van der Waals surface area contributed by atoms with Gasteiger partial charge in [-0.05, 0) is 35.9 Å². The molecular formula is C24H19N5O2. The topological polar surface area (TPSA) is 83.5 Å². The molecule has 0 spiro atoms. The second-order valence-electron chi connectivity index (χ2n) is 7.68. The van der Waals surface area contributed by atoms with Crippen LogP contribution in [-0.2, 0) is 4.74 Å². The Balaban J connectivity index is 1.36. The number of ether oxygens (including phenoxy) is 1. The zero-order valence-corrected chi connectivity index (χ0v) is 16.7. The van der Waals surface area contributed by atoms with Crippen LogP contribution < -0.4 is 4.90 Å². The van der Waals surface area contributed by atoms with Gasteiger partial charge in [0.2, 0.25) is 0 Å². The zero-order valence-electron chi connectivity index (χ0n) is 16.7. The summed E-state index contributed by atoms with van der Waals surface area (Å²) in [4.78, 5) is 30.3. The monoisotopic (exact) mass is 409 g/mol. The van der Waals surface area contributed by atoms with Crippen LogP contribution in [0.1, 0.15) is 15.9 Å². The van der Waals surface area contributed by atoms with Crippen LogP contribution in [0.5, 0.6) is 0 Å². The summed E-state index contributed by atoms with van der Waals surface area (Å²) >= 11 is 0. The number of nitrogens with one attached hydrogen (secondary N) is 1. The van der Waals surface area contributed by atoms with Gasteiger partial charge in [0.1, 0.15) is 12.0 Å². The van der Waals surface area contributed by atoms with E-state index in [-0.39, 0.29) is 5.91 Å². The van der Waals surface area contributed by atoms with Crippen LogP contribution >= 0.6 is 0 Å². The van der Waals surface area contributed by atoms with Crippen molar-refractivity contribution in [1.82, 2.24) is 15.0 Å². The van der Waals surface area contributed by atoms with Crippen LogP contribution in [0.15, 0.2) is 59.9 Å². The molecule has 0 saturated carbocycles. The Kier molecular flexibility index (Phi) is 4.14. The van der Waals surface area contributed by atoms with Gasteiger partial charge < -0.3 is 14.6 Å². The van der Waals surface area contributed by atoms with Crippen molar-refractivity contribution in [2.45, 2.75) is 0 Å². The first-order valence-electron chi connectivity index (χ1n) is 10.3. The van der Waals surface area contributed by atoms with Gasteiger partial charge in [-0.15, -0.1) is 0 Å². The fourth-order valence-corrected chi connectivity index (χ4v) is 4.21. The molecule has 0 aliphatic carbocycles. The van der Waals surface area contributed by atoms with Crippen molar-refractivity contribution in [3.05, 3.63) is 66.0 Å². The van der Waals surface area contributed by atoms with Gasteiger partial charge in [0.15, 0.2) is 0 Å². The number of morpholine rings is 1. The van der Waals surface area contributed by atoms with E-state index in [2.05, 4.69) is 55.2 Å². The molecule has 1 N–H and O–H groups in total. The number of amides is 1. The predicted octanol–water partition coefficient (Wildman–Crippen LogP) is 3.70. The fourth-order valence-electron chi connectivity index (χ4n) is 4.21. The summed E-state index contributed by atoms with van der Waals surface area (Å²) in [6.45, 7) is 3.38. The fraction of sp³-hybridized carbons (Fsp3) is 0.167. The summed E-state index contributed by atoms with van der Waals surface area (Å²) < 4.78 is 5.44. The number of carbonyl (C=O) groups excluding carboxylic acids is 1. The molecule has 2 aromatic carbocycles. The summed E-state index contributed by atoms with van der Waals surface area (Å²) in [5.41, 5.74) is 7.28. The van der Waals surface area contributed by atoms with E-state index in [9.17, 15) is 4.79 Å². The van der Waals surface area contributed by atoms with Crippen molar-refractivity contribution in [2.75, 3.05) is 31.2 Å². The summed E-state index contributed by atoms with van der Waals surface area (Å²) in [7, 11) is 0. The number of aromatic amines is 1. The van der Waals surface area contributed by atoms with E-state index in [1.54, 1.807) is 12.5 Å². The van der Waals surface area contributed by atoms with Gasteiger partial charge in [-0.25, -0.2) is 15.0 Å². The maximum Gasteiger partial charge on any atom is 0.277 e. The molecule has 4 heterocycles. The third kappa shape index (κ3) is 3.10. The number of aromatic nitrogens is 3. The lowest BCUT2D eigenvalue weighted by Crippen LogP contribution is -2.36. The number of carbonyl (C=O) groups is 1. The summed E-state index contributed by atoms with van der Waals surface area (Å²) in [5.74, 6) is -0.196. The van der Waals surface area contributed by atoms with E-state index in [0.717, 1.165) is 65.4 Å². The molecule has 4 aromatic rings. The number of aliphatic imine (C=N–C) groups is 1. The largest absolute Gasteiger partial charge is 0.378 e. The molecule has 0 bridgehead atoms. The first-order valence-corrected chi connectivity index (χ1v) is 10.3. The molecule has 1 fully saturated rings. The molecule has 7 nitrogen and oxygen atoms in total. The molecule has 0 radical (unpaired) electrons. The second-order valence-corrected chi connectivity index (χ2v) is 7.68. The minimum Gasteiger partial charge on any atom is -0.378 e. The van der Waals surface area contributed by atoms with E-state index in [1.807, 2.05) is 18.2 Å². The van der Waals surface area contributed by atoms with Gasteiger partial charge in [-0.1, -0.05) is 18.2 Å². The third-order valence-electron chi connectivity index (χ3n) is 5.86. The lowest BCUT2D eigenvalue weighted by Gasteiger charge is -2.28. The number of hydrogen-bond donors (Lipinski definition) is 1. The van der Waals surface area contributed by atoms with Gasteiger partial charge in [-0.2, -0.15) is 0 Å². The standard InChI is InChI=1S/C24H19N5O2/c30-24-19-6-3-16(11-17(19)13-25-24)22-20-12-21(28-23(20)27-14-26-22)15-1-4-18(5-2-15)29-7-9-31-10-8-29/h1-6,11-14H,7-10H2,(H,26,27,28). The minimum absolute atomic E-state index is 0.196. The number of nitrogens with zero attached hydrogens (tertiary/aromatic N) is 4. The van der Waals surface area contributed by atoms with Gasteiger partial charge in [0, 0.05) is 47.2 Å². The highest BCUT2D eigenvalue weighted by Gasteiger charge is 2.18. The Labute approximate surface area is 178 Å². The average Bonchev–Trinajstić information content (AvgIpc) is 3.43. The van der Waals surface area contributed by atoms with Gasteiger partial charge >= 0.3 is 0 Å². The molecular weight excluding hydrogens is 390 g/mol. The van der Waals surface area contributed by atoms with E-state index < -0.39 is 0 Å². The van der Waals surface area contributed by atoms with E-state index in [4.69, 9.17) is 4.74 Å². The third-order valence-corrected chi connectivity index (χ3v) is 5.86. The molecule has 2 aliphatic heterocycles. The number of H-pyrrole nitrogens is 1. The predicted molar refractivity (Wildman–Crippen MR) is 120 cm³/mol. The number of anilines is 1. The van der Waals surface area contributed by atoms with Gasteiger partial charge in [0.25, 0.3) is 5.91 Å². The van der Waals surface area contributed by atoms with Crippen molar-refractivity contribution < 1.29 is 9.53 Å². The van der Waals surface area contributed by atoms with Gasteiger partial charge in [-0.3, -0.25) is 4.79 Å². The van der Waals surface area contributed by atoms with Crippen LogP contribution in [0.4, 0.5) is 5.69 Å². The zero-order chi connectivity index (χ0) is 20.8. The SMILES string of the molecule is O=C1N=Cc2cc(-c3ncnc4[nH]c(-c5ccc(N6CCOCC6)cc5)cc34)ccc21. The maximum absolute atomic E-state index is 11.8. The molecule has 31 heavy (non-hydrogen) atoms. The molecule has 1 amide bonds. The van der Waals surface area contributed by atoms with E-state index in [0.29, 0.717) is 5.56 Å². The summed E-state index contributed by atoms with van der Waals surface area (Å²) in [5, 5.41) is 0.941. The van der Waals surface area contributed by atoms with E-state index in [1.165, 1.54) is 5.69 Å². The summed E-state index contributed by atoms with van der Waals surface area (Å²) in [6.07, 6.45) is 3.17. The Morgan fingerprint density at radius 1 is 0.935 bits per heavy atom. The van der Waals surface area contributed by atoms with Gasteiger partial charge in [0.05, 0.1) is 24.5 Å². The first-order chi connectivity index (χ1) is 15.3. The van der Waals surface area contributed by atoms with Crippen molar-refractivity contribution in [2.24, 2.45) is 4.99 Å². The highest BCUT2D eigenvalue weighted by Crippen LogP contribution is 2.32. The number of benzene rings is 2. The highest BCUT2D eigenvalue weighted by molar-refractivity contribution is 6.13. The molecule has 2 aliphatic rings. The Hall–Kier alpha value is -3.84. The van der Waals surface area contributed by atoms with Crippen LogP contribution in [0.25, 0.3) is 33.5 Å². The molecule has 0 atom stereocenters. The second kappa shape index (κ2) is 7.14. The molecule has 2 aromatic heterocycles. The normalized spacial score (nSPS) is 15.6. The number of rotatable bonds is 3. The van der Waals surface area contributed by atoms with Crippen LogP contribution in [0.3, 0.4) is 0 Å². The smallest absolute Gasteiger partial charge is 0.277 e. The molecule has 1 saturated heterocycles. The Morgan fingerprint density at radius 3 is 2.58 bits per heavy atom. The van der Waals surface area contributed by atoms with Crippen molar-refractivity contribution in [3.63, 3.8) is 0 Å². The van der Waals surface area contributed by atoms with Crippen molar-refractivity contribution >= 4 is 28.8 Å². The molecule has 0 unspecified atom stereocenters. The van der Waals surface area contributed by atoms with Crippen LogP contribution in [0, 0.1) is 0 Å². The van der Waals surface area contributed by atoms with Crippen molar-refractivity contribution in [1.29, 1.82) is 0 Å². The van der Waals surface area contributed by atoms with E-state index >= 15 is 0 Å². The minimum atomic E-state index is -0.196. The van der Waals surface area contributed by atoms with Crippen LogP contribution in [0.2, 0.25) is 0 Å². The molecule has 6 rings (SSSR count). The average molecular weight is 409 g/mol. The number of hydrogen-bond acceptors (Lipinski definition) is 5. The Morgan fingerprint density at radius 2 is 1.74 bits per heavy atom. The highest BCUT2D eigenvalue weighted by atomic mass is 16.5.